The maximum atomic E-state index is 11.6. The van der Waals surface area contributed by atoms with Crippen LogP contribution in [0.4, 0.5) is 4.79 Å². The van der Waals surface area contributed by atoms with Crippen molar-refractivity contribution in [2.45, 2.75) is 38.8 Å². The van der Waals surface area contributed by atoms with E-state index in [2.05, 4.69) is 10.6 Å². The van der Waals surface area contributed by atoms with Crippen LogP contribution in [-0.4, -0.2) is 23.1 Å². The Morgan fingerprint density at radius 2 is 2.21 bits per heavy atom. The van der Waals surface area contributed by atoms with Gasteiger partial charge in [-0.3, -0.25) is 4.79 Å². The van der Waals surface area contributed by atoms with Gasteiger partial charge in [-0.15, -0.1) is 0 Å². The number of aryl methyl sites for hydroxylation is 1. The molecule has 1 aromatic heterocycles. The average molecular weight is 266 g/mol. The lowest BCUT2D eigenvalue weighted by atomic mass is 10.1. The van der Waals surface area contributed by atoms with E-state index >= 15 is 0 Å². The molecule has 1 fully saturated rings. The molecule has 0 spiro atoms. The van der Waals surface area contributed by atoms with E-state index in [-0.39, 0.29) is 18.0 Å². The van der Waals surface area contributed by atoms with Crippen molar-refractivity contribution in [2.24, 2.45) is 5.92 Å². The van der Waals surface area contributed by atoms with Crippen molar-refractivity contribution >= 4 is 12.0 Å². The molecule has 0 aliphatic heterocycles. The molecule has 3 N–H and O–H groups in total. The van der Waals surface area contributed by atoms with Crippen LogP contribution in [0.1, 0.15) is 30.8 Å². The fraction of sp³-hybridized carbons (Fsp3) is 0.538. The molecule has 1 saturated carbocycles. The topological polar surface area (TPSA) is 91.6 Å². The molecule has 2 amide bonds. The summed E-state index contributed by atoms with van der Waals surface area (Å²) in [5.41, 5.74) is 0. The van der Waals surface area contributed by atoms with Gasteiger partial charge in [-0.05, 0) is 38.3 Å². The summed E-state index contributed by atoms with van der Waals surface area (Å²) in [4.78, 5) is 22.4. The highest BCUT2D eigenvalue weighted by atomic mass is 16.4. The number of rotatable bonds is 4. The van der Waals surface area contributed by atoms with Gasteiger partial charge in [0.25, 0.3) is 0 Å². The zero-order valence-corrected chi connectivity index (χ0v) is 10.8. The maximum absolute atomic E-state index is 11.6. The van der Waals surface area contributed by atoms with Crippen LogP contribution in [-0.2, 0) is 11.3 Å². The second-order valence-corrected chi connectivity index (χ2v) is 4.88. The second-order valence-electron chi connectivity index (χ2n) is 4.88. The van der Waals surface area contributed by atoms with Crippen molar-refractivity contribution in [3.05, 3.63) is 23.7 Å². The van der Waals surface area contributed by atoms with E-state index in [1.807, 2.05) is 19.1 Å². The Bertz CT molecular complexity index is 469. The summed E-state index contributed by atoms with van der Waals surface area (Å²) in [7, 11) is 0. The number of furan rings is 1. The van der Waals surface area contributed by atoms with Gasteiger partial charge in [0.15, 0.2) is 0 Å². The lowest BCUT2D eigenvalue weighted by molar-refractivity contribution is -0.141. The molecule has 1 heterocycles. The number of hydrogen-bond donors (Lipinski definition) is 3. The third-order valence-corrected chi connectivity index (χ3v) is 3.34. The van der Waals surface area contributed by atoms with Gasteiger partial charge in [0.2, 0.25) is 0 Å². The molecule has 104 valence electrons. The average Bonchev–Trinajstić information content (AvgIpc) is 2.96. The lowest BCUT2D eigenvalue weighted by Gasteiger charge is -2.12. The number of hydrogen-bond acceptors (Lipinski definition) is 3. The summed E-state index contributed by atoms with van der Waals surface area (Å²) in [6.45, 7) is 2.17. The van der Waals surface area contributed by atoms with Crippen molar-refractivity contribution in [3.63, 3.8) is 0 Å². The Balaban J connectivity index is 1.72. The van der Waals surface area contributed by atoms with Crippen LogP contribution in [0.15, 0.2) is 16.5 Å². The summed E-state index contributed by atoms with van der Waals surface area (Å²) in [5, 5.41) is 14.4. The molecule has 6 nitrogen and oxygen atoms in total. The SMILES string of the molecule is Cc1ccc(CNC(=O)N[C@H]2CC[C@@H](C(=O)O)C2)o1. The number of carboxylic acid groups (broad SMARTS) is 1. The molecular weight excluding hydrogens is 248 g/mol. The van der Waals surface area contributed by atoms with Crippen LogP contribution in [0.2, 0.25) is 0 Å². The molecule has 2 atom stereocenters. The third-order valence-electron chi connectivity index (χ3n) is 3.34. The second kappa shape index (κ2) is 5.77. The monoisotopic (exact) mass is 266 g/mol. The first-order valence-corrected chi connectivity index (χ1v) is 6.37. The first-order chi connectivity index (χ1) is 9.04. The molecule has 1 aromatic rings. The fourth-order valence-electron chi connectivity index (χ4n) is 2.32. The van der Waals surface area contributed by atoms with E-state index < -0.39 is 5.97 Å². The lowest BCUT2D eigenvalue weighted by Crippen LogP contribution is -2.40. The number of aliphatic carboxylic acids is 1. The van der Waals surface area contributed by atoms with Crippen LogP contribution in [0, 0.1) is 12.8 Å². The predicted octanol–water partition coefficient (Wildman–Crippen LogP) is 1.64. The van der Waals surface area contributed by atoms with E-state index in [1.165, 1.54) is 0 Å². The Hall–Kier alpha value is -1.98. The van der Waals surface area contributed by atoms with Crippen molar-refractivity contribution in [3.8, 4) is 0 Å². The number of urea groups is 1. The molecule has 1 aliphatic carbocycles. The quantitative estimate of drug-likeness (QED) is 0.772. The van der Waals surface area contributed by atoms with Gasteiger partial charge in [-0.25, -0.2) is 4.79 Å². The summed E-state index contributed by atoms with van der Waals surface area (Å²) < 4.78 is 5.33. The van der Waals surface area contributed by atoms with Gasteiger partial charge in [0, 0.05) is 6.04 Å². The number of carbonyl (C=O) groups is 2. The summed E-state index contributed by atoms with van der Waals surface area (Å²) in [6, 6.07) is 3.30. The van der Waals surface area contributed by atoms with Crippen molar-refractivity contribution in [1.29, 1.82) is 0 Å². The number of carboxylic acids is 1. The molecule has 0 unspecified atom stereocenters. The van der Waals surface area contributed by atoms with Crippen LogP contribution in [0.3, 0.4) is 0 Å². The molecule has 1 aliphatic rings. The molecule has 0 bridgehead atoms. The van der Waals surface area contributed by atoms with Crippen LogP contribution >= 0.6 is 0 Å². The Kier molecular flexibility index (Phi) is 4.09. The van der Waals surface area contributed by atoms with Gasteiger partial charge in [0.05, 0.1) is 12.5 Å². The first kappa shape index (κ1) is 13.5. The smallest absolute Gasteiger partial charge is 0.315 e. The minimum absolute atomic E-state index is 0.0561. The summed E-state index contributed by atoms with van der Waals surface area (Å²) >= 11 is 0. The van der Waals surface area contributed by atoms with E-state index in [1.54, 1.807) is 0 Å². The predicted molar refractivity (Wildman–Crippen MR) is 67.6 cm³/mol. The zero-order valence-electron chi connectivity index (χ0n) is 10.8. The Labute approximate surface area is 111 Å². The maximum Gasteiger partial charge on any atom is 0.315 e. The Morgan fingerprint density at radius 1 is 1.42 bits per heavy atom. The molecule has 0 radical (unpaired) electrons. The van der Waals surface area contributed by atoms with E-state index in [0.29, 0.717) is 31.6 Å². The van der Waals surface area contributed by atoms with Gasteiger partial charge in [-0.2, -0.15) is 0 Å². The van der Waals surface area contributed by atoms with Gasteiger partial charge < -0.3 is 20.2 Å². The molecule has 0 saturated heterocycles. The van der Waals surface area contributed by atoms with Gasteiger partial charge in [-0.1, -0.05) is 0 Å². The molecular formula is C13H18N2O4. The van der Waals surface area contributed by atoms with Gasteiger partial charge in [0.1, 0.15) is 11.5 Å². The van der Waals surface area contributed by atoms with Crippen molar-refractivity contribution < 1.29 is 19.1 Å². The first-order valence-electron chi connectivity index (χ1n) is 6.37. The highest BCUT2D eigenvalue weighted by Gasteiger charge is 2.30. The molecule has 0 aromatic carbocycles. The molecule has 6 heteroatoms. The van der Waals surface area contributed by atoms with Crippen molar-refractivity contribution in [1.82, 2.24) is 10.6 Å². The third kappa shape index (κ3) is 3.74. The number of amides is 2. The normalized spacial score (nSPS) is 22.2. The highest BCUT2D eigenvalue weighted by Crippen LogP contribution is 2.25. The standard InChI is InChI=1S/C13H18N2O4/c1-8-2-5-11(19-8)7-14-13(18)15-10-4-3-9(6-10)12(16)17/h2,5,9-10H,3-4,6-7H2,1H3,(H,16,17)(H2,14,15,18)/t9-,10+/m1/s1. The van der Waals surface area contributed by atoms with Crippen LogP contribution < -0.4 is 10.6 Å². The highest BCUT2D eigenvalue weighted by molar-refractivity contribution is 5.75. The van der Waals surface area contributed by atoms with E-state index in [0.717, 1.165) is 5.76 Å². The van der Waals surface area contributed by atoms with Gasteiger partial charge >= 0.3 is 12.0 Å². The van der Waals surface area contributed by atoms with E-state index in [4.69, 9.17) is 9.52 Å². The molecule has 19 heavy (non-hydrogen) atoms. The van der Waals surface area contributed by atoms with Crippen LogP contribution in [0.25, 0.3) is 0 Å². The van der Waals surface area contributed by atoms with Crippen LogP contribution in [0.5, 0.6) is 0 Å². The number of carbonyl (C=O) groups excluding carboxylic acids is 1. The summed E-state index contributed by atoms with van der Waals surface area (Å²) in [6.07, 6.45) is 1.84. The minimum atomic E-state index is -0.782. The Morgan fingerprint density at radius 3 is 2.79 bits per heavy atom. The largest absolute Gasteiger partial charge is 0.481 e. The number of nitrogens with one attached hydrogen (secondary N) is 2. The fourth-order valence-corrected chi connectivity index (χ4v) is 2.32. The minimum Gasteiger partial charge on any atom is -0.481 e. The zero-order chi connectivity index (χ0) is 13.8. The van der Waals surface area contributed by atoms with E-state index in [9.17, 15) is 9.59 Å². The summed E-state index contributed by atoms with van der Waals surface area (Å²) in [5.74, 6) is 0.383. The molecule has 2 rings (SSSR count). The van der Waals surface area contributed by atoms with Crippen molar-refractivity contribution in [2.75, 3.05) is 0 Å².